The van der Waals surface area contributed by atoms with E-state index in [9.17, 15) is 23.2 Å². The van der Waals surface area contributed by atoms with Crippen molar-refractivity contribution in [3.05, 3.63) is 77.2 Å². The van der Waals surface area contributed by atoms with Crippen LogP contribution in [0.4, 0.5) is 14.5 Å². The number of ether oxygens (including phenoxy) is 3. The van der Waals surface area contributed by atoms with Gasteiger partial charge in [0.2, 0.25) is 0 Å². The molecule has 0 saturated carbocycles. The highest BCUT2D eigenvalue weighted by atomic mass is 19.1. The highest BCUT2D eigenvalue weighted by molar-refractivity contribution is 6.02. The number of nitrogens with zero attached hydrogens (tertiary/aromatic N) is 1. The third kappa shape index (κ3) is 5.69. The van der Waals surface area contributed by atoms with Gasteiger partial charge in [0.25, 0.3) is 11.8 Å². The smallest absolute Gasteiger partial charge is 0.287 e. The summed E-state index contributed by atoms with van der Waals surface area (Å²) >= 11 is 0. The second-order valence-corrected chi connectivity index (χ2v) is 7.75. The molecule has 3 aromatic rings. The zero-order valence-electron chi connectivity index (χ0n) is 19.2. The predicted molar refractivity (Wildman–Crippen MR) is 122 cm³/mol. The van der Waals surface area contributed by atoms with E-state index in [1.54, 1.807) is 6.07 Å². The molecule has 11 heteroatoms. The Labute approximate surface area is 204 Å². The van der Waals surface area contributed by atoms with Crippen molar-refractivity contribution in [3.63, 3.8) is 0 Å². The van der Waals surface area contributed by atoms with Crippen LogP contribution in [0.2, 0.25) is 0 Å². The maximum absolute atomic E-state index is 13.8. The van der Waals surface area contributed by atoms with E-state index in [1.807, 2.05) is 0 Å². The van der Waals surface area contributed by atoms with E-state index in [0.717, 1.165) is 12.1 Å². The Morgan fingerprint density at radius 1 is 1.11 bits per heavy atom. The summed E-state index contributed by atoms with van der Waals surface area (Å²) in [5.41, 5.74) is 0.518. The zero-order valence-corrected chi connectivity index (χ0v) is 19.2. The molecule has 2 aromatic carbocycles. The molecule has 2 amide bonds. The number of fused-ring (bicyclic) bond motifs is 1. The molecule has 188 valence electrons. The SMILES string of the molecule is COCCNC(=O)c1ccc(CN2C(=O)COc3ccc(C(=O)COc4ccc(F)cc4F)cc32)o1. The molecule has 1 aromatic heterocycles. The number of halogens is 2. The van der Waals surface area contributed by atoms with Crippen molar-refractivity contribution in [3.8, 4) is 11.5 Å². The van der Waals surface area contributed by atoms with Gasteiger partial charge in [-0.25, -0.2) is 8.78 Å². The minimum absolute atomic E-state index is 0.00449. The van der Waals surface area contributed by atoms with Crippen molar-refractivity contribution in [1.82, 2.24) is 5.32 Å². The van der Waals surface area contributed by atoms with E-state index in [-0.39, 0.29) is 36.1 Å². The molecule has 9 nitrogen and oxygen atoms in total. The van der Waals surface area contributed by atoms with Crippen molar-refractivity contribution in [2.45, 2.75) is 6.54 Å². The van der Waals surface area contributed by atoms with Gasteiger partial charge >= 0.3 is 0 Å². The average Bonchev–Trinajstić information content (AvgIpc) is 3.34. The van der Waals surface area contributed by atoms with Gasteiger partial charge in [-0.05, 0) is 42.5 Å². The summed E-state index contributed by atoms with van der Waals surface area (Å²) < 4.78 is 48.0. The van der Waals surface area contributed by atoms with Crippen LogP contribution in [-0.2, 0) is 16.1 Å². The maximum atomic E-state index is 13.8. The fraction of sp³-hybridized carbons (Fsp3) is 0.240. The Bertz CT molecular complexity index is 1290. The molecular formula is C25H22F2N2O7. The molecule has 36 heavy (non-hydrogen) atoms. The lowest BCUT2D eigenvalue weighted by Gasteiger charge is -2.29. The fourth-order valence-electron chi connectivity index (χ4n) is 3.46. The van der Waals surface area contributed by atoms with Gasteiger partial charge in [-0.3, -0.25) is 19.3 Å². The van der Waals surface area contributed by atoms with E-state index in [4.69, 9.17) is 18.6 Å². The number of hydrogen-bond donors (Lipinski definition) is 1. The molecule has 2 heterocycles. The van der Waals surface area contributed by atoms with Crippen LogP contribution in [0.3, 0.4) is 0 Å². The number of carbonyl (C=O) groups excluding carboxylic acids is 3. The molecule has 0 spiro atoms. The van der Waals surface area contributed by atoms with Gasteiger partial charge in [-0.15, -0.1) is 0 Å². The van der Waals surface area contributed by atoms with Crippen LogP contribution in [-0.4, -0.2) is 51.1 Å². The maximum Gasteiger partial charge on any atom is 0.287 e. The van der Waals surface area contributed by atoms with E-state index >= 15 is 0 Å². The fourth-order valence-corrected chi connectivity index (χ4v) is 3.46. The lowest BCUT2D eigenvalue weighted by atomic mass is 10.1. The number of anilines is 1. The highest BCUT2D eigenvalue weighted by Gasteiger charge is 2.28. The lowest BCUT2D eigenvalue weighted by molar-refractivity contribution is -0.121. The number of ketones is 1. The first kappa shape index (κ1) is 24.9. The molecule has 1 aliphatic heterocycles. The van der Waals surface area contributed by atoms with Crippen molar-refractivity contribution in [2.24, 2.45) is 0 Å². The lowest BCUT2D eigenvalue weighted by Crippen LogP contribution is -2.38. The molecular weight excluding hydrogens is 478 g/mol. The van der Waals surface area contributed by atoms with Crippen molar-refractivity contribution >= 4 is 23.3 Å². The van der Waals surface area contributed by atoms with Gasteiger partial charge in [0.05, 0.1) is 18.8 Å². The van der Waals surface area contributed by atoms with Gasteiger partial charge < -0.3 is 23.9 Å². The van der Waals surface area contributed by atoms with Crippen LogP contribution in [0.5, 0.6) is 11.5 Å². The molecule has 4 rings (SSSR count). The van der Waals surface area contributed by atoms with Crippen molar-refractivity contribution in [2.75, 3.05) is 38.4 Å². The summed E-state index contributed by atoms with van der Waals surface area (Å²) in [5, 5.41) is 2.64. The second-order valence-electron chi connectivity index (χ2n) is 7.75. The normalized spacial score (nSPS) is 12.6. The largest absolute Gasteiger partial charge is 0.482 e. The number of nitrogens with one attached hydrogen (secondary N) is 1. The first-order valence-corrected chi connectivity index (χ1v) is 10.9. The summed E-state index contributed by atoms with van der Waals surface area (Å²) in [7, 11) is 1.52. The Morgan fingerprint density at radius 3 is 2.72 bits per heavy atom. The molecule has 0 radical (unpaired) electrons. The van der Waals surface area contributed by atoms with E-state index in [0.29, 0.717) is 36.4 Å². The first-order valence-electron chi connectivity index (χ1n) is 10.9. The Balaban J connectivity index is 1.47. The average molecular weight is 500 g/mol. The molecule has 0 unspecified atom stereocenters. The highest BCUT2D eigenvalue weighted by Crippen LogP contribution is 2.34. The third-order valence-corrected chi connectivity index (χ3v) is 5.27. The van der Waals surface area contributed by atoms with Crippen molar-refractivity contribution < 1.29 is 41.8 Å². The van der Waals surface area contributed by atoms with E-state index < -0.39 is 29.9 Å². The number of amides is 2. The van der Waals surface area contributed by atoms with Gasteiger partial charge in [-0.1, -0.05) is 0 Å². The summed E-state index contributed by atoms with van der Waals surface area (Å²) in [6.45, 7) is -0.0536. The van der Waals surface area contributed by atoms with Gasteiger partial charge in [0, 0.05) is 25.3 Å². The molecule has 1 N–H and O–H groups in total. The van der Waals surface area contributed by atoms with E-state index in [2.05, 4.69) is 5.32 Å². The second kappa shape index (κ2) is 11.0. The Morgan fingerprint density at radius 2 is 1.94 bits per heavy atom. The summed E-state index contributed by atoms with van der Waals surface area (Å²) in [6.07, 6.45) is 0. The van der Waals surface area contributed by atoms with Crippen LogP contribution < -0.4 is 19.7 Å². The van der Waals surface area contributed by atoms with Gasteiger partial charge in [0.15, 0.2) is 36.3 Å². The minimum atomic E-state index is -0.927. The van der Waals surface area contributed by atoms with E-state index in [1.165, 1.54) is 36.3 Å². The molecule has 0 bridgehead atoms. The first-order chi connectivity index (χ1) is 17.4. The zero-order chi connectivity index (χ0) is 25.7. The van der Waals surface area contributed by atoms with Crippen LogP contribution in [0.25, 0.3) is 0 Å². The molecule has 1 aliphatic rings. The van der Waals surface area contributed by atoms with Crippen molar-refractivity contribution in [1.29, 1.82) is 0 Å². The third-order valence-electron chi connectivity index (χ3n) is 5.27. The van der Waals surface area contributed by atoms with Gasteiger partial charge in [-0.2, -0.15) is 0 Å². The number of benzene rings is 2. The standard InChI is InChI=1S/C25H22F2N2O7/c1-33-9-8-28-25(32)23-7-4-17(36-23)12-29-19-10-15(2-5-22(19)35-14-24(29)31)20(30)13-34-21-6-3-16(26)11-18(21)27/h2-7,10-11H,8-9,12-14H2,1H3,(H,28,32). The van der Waals surface area contributed by atoms with Gasteiger partial charge in [0.1, 0.15) is 17.3 Å². The summed E-state index contributed by atoms with van der Waals surface area (Å²) in [4.78, 5) is 38.8. The summed E-state index contributed by atoms with van der Waals surface area (Å²) in [6, 6.07) is 10.3. The topological polar surface area (TPSA) is 107 Å². The monoisotopic (exact) mass is 500 g/mol. The number of hydrogen-bond acceptors (Lipinski definition) is 7. The molecule has 0 fully saturated rings. The number of methoxy groups -OCH3 is 1. The quantitative estimate of drug-likeness (QED) is 0.337. The van der Waals surface area contributed by atoms with Crippen LogP contribution in [0, 0.1) is 11.6 Å². The predicted octanol–water partition coefficient (Wildman–Crippen LogP) is 3.12. The van der Waals surface area contributed by atoms with Crippen LogP contribution in [0.1, 0.15) is 26.7 Å². The molecule has 0 saturated heterocycles. The number of Topliss-reactive ketones (excluding diaryl/α,β-unsaturated/α-hetero) is 1. The van der Waals surface area contributed by atoms with Crippen LogP contribution in [0.15, 0.2) is 52.9 Å². The minimum Gasteiger partial charge on any atom is -0.482 e. The number of rotatable bonds is 10. The summed E-state index contributed by atoms with van der Waals surface area (Å²) in [5.74, 6) is -2.44. The number of carbonyl (C=O) groups is 3. The Hall–Kier alpha value is -4.25. The number of furan rings is 1. The Kier molecular flexibility index (Phi) is 7.59. The molecule has 0 aliphatic carbocycles. The molecule has 0 atom stereocenters. The van der Waals surface area contributed by atoms with Crippen LogP contribution >= 0.6 is 0 Å².